The maximum Gasteiger partial charge on any atom is 0.134 e. The van der Waals surface area contributed by atoms with Crippen LogP contribution in [0.5, 0.6) is 0 Å². The van der Waals surface area contributed by atoms with Crippen LogP contribution < -0.4 is 5.32 Å². The van der Waals surface area contributed by atoms with Crippen LogP contribution in [0, 0.1) is 19.8 Å². The van der Waals surface area contributed by atoms with Gasteiger partial charge in [-0.05, 0) is 63.4 Å². The summed E-state index contributed by atoms with van der Waals surface area (Å²) in [5, 5.41) is 3.44. The Balaban J connectivity index is 1.44. The molecule has 0 atom stereocenters. The van der Waals surface area contributed by atoms with Crippen molar-refractivity contribution in [1.29, 1.82) is 0 Å². The number of anilines is 2. The van der Waals surface area contributed by atoms with E-state index < -0.39 is 0 Å². The second-order valence-electron chi connectivity index (χ2n) is 8.33. The lowest BCUT2D eigenvalue weighted by Crippen LogP contribution is -2.32. The Hall–Kier alpha value is -2.72. The van der Waals surface area contributed by atoms with E-state index in [1.165, 1.54) is 37.1 Å². The van der Waals surface area contributed by atoms with Crippen LogP contribution in [0.4, 0.5) is 11.5 Å². The fraction of sp³-hybridized carbons (Fsp3) is 0.360. The molecule has 0 saturated carbocycles. The van der Waals surface area contributed by atoms with E-state index in [0.29, 0.717) is 0 Å². The van der Waals surface area contributed by atoms with Crippen LogP contribution in [0.25, 0.3) is 11.3 Å². The summed E-state index contributed by atoms with van der Waals surface area (Å²) in [4.78, 5) is 11.7. The van der Waals surface area contributed by atoms with Gasteiger partial charge in [-0.1, -0.05) is 48.9 Å². The fourth-order valence-corrected chi connectivity index (χ4v) is 3.82. The van der Waals surface area contributed by atoms with Gasteiger partial charge in [-0.3, -0.25) is 4.90 Å². The number of hydrogen-bond acceptors (Lipinski definition) is 4. The summed E-state index contributed by atoms with van der Waals surface area (Å²) in [5.74, 6) is 2.46. The molecule has 0 unspecified atom stereocenters. The van der Waals surface area contributed by atoms with Crippen molar-refractivity contribution in [1.82, 2.24) is 14.9 Å². The van der Waals surface area contributed by atoms with E-state index >= 15 is 0 Å². The van der Waals surface area contributed by atoms with Gasteiger partial charge < -0.3 is 5.32 Å². The first-order chi connectivity index (χ1) is 14.0. The predicted octanol–water partition coefficient (Wildman–Crippen LogP) is 5.74. The molecule has 29 heavy (non-hydrogen) atoms. The van der Waals surface area contributed by atoms with E-state index in [0.717, 1.165) is 41.0 Å². The predicted molar refractivity (Wildman–Crippen MR) is 120 cm³/mol. The van der Waals surface area contributed by atoms with E-state index in [9.17, 15) is 0 Å². The van der Waals surface area contributed by atoms with Crippen LogP contribution in [-0.4, -0.2) is 28.0 Å². The number of likely N-dealkylation sites (tertiary alicyclic amines) is 1. The van der Waals surface area contributed by atoms with E-state index in [1.54, 1.807) is 0 Å². The van der Waals surface area contributed by atoms with Crippen molar-refractivity contribution in [2.75, 3.05) is 18.4 Å². The second kappa shape index (κ2) is 8.75. The largest absolute Gasteiger partial charge is 0.340 e. The molecule has 1 N–H and O–H groups in total. The third kappa shape index (κ3) is 5.21. The third-order valence-corrected chi connectivity index (χ3v) is 5.69. The van der Waals surface area contributed by atoms with Gasteiger partial charge in [0.25, 0.3) is 0 Å². The number of nitrogens with one attached hydrogen (secondary N) is 1. The van der Waals surface area contributed by atoms with Crippen molar-refractivity contribution in [2.24, 2.45) is 5.92 Å². The summed E-state index contributed by atoms with van der Waals surface area (Å²) in [6.07, 6.45) is 2.63. The molecule has 3 aromatic rings. The highest BCUT2D eigenvalue weighted by Gasteiger charge is 2.15. The lowest BCUT2D eigenvalue weighted by Gasteiger charge is -2.30. The molecule has 1 aromatic heterocycles. The lowest BCUT2D eigenvalue weighted by atomic mass is 9.99. The van der Waals surface area contributed by atoms with Crippen molar-refractivity contribution >= 4 is 11.5 Å². The molecule has 1 aliphatic rings. The Kier molecular flexibility index (Phi) is 5.91. The van der Waals surface area contributed by atoms with Crippen LogP contribution in [0.1, 0.15) is 36.7 Å². The normalized spacial score (nSPS) is 15.4. The quantitative estimate of drug-likeness (QED) is 0.607. The minimum Gasteiger partial charge on any atom is -0.340 e. The number of aromatic nitrogens is 2. The molecule has 0 radical (unpaired) electrons. The first-order valence-electron chi connectivity index (χ1n) is 10.6. The Bertz CT molecular complexity index is 940. The molecule has 1 aliphatic heterocycles. The number of rotatable bonds is 5. The summed E-state index contributed by atoms with van der Waals surface area (Å²) in [6, 6.07) is 19.2. The Morgan fingerprint density at radius 1 is 0.931 bits per heavy atom. The highest BCUT2D eigenvalue weighted by molar-refractivity contribution is 5.66. The highest BCUT2D eigenvalue weighted by Crippen LogP contribution is 2.23. The summed E-state index contributed by atoms with van der Waals surface area (Å²) in [6.45, 7) is 9.85. The van der Waals surface area contributed by atoms with Gasteiger partial charge in [0, 0.05) is 23.9 Å². The van der Waals surface area contributed by atoms with Crippen molar-refractivity contribution in [3.8, 4) is 11.3 Å². The van der Waals surface area contributed by atoms with E-state index in [2.05, 4.69) is 82.6 Å². The summed E-state index contributed by atoms with van der Waals surface area (Å²) >= 11 is 0. The van der Waals surface area contributed by atoms with Crippen LogP contribution in [-0.2, 0) is 6.54 Å². The van der Waals surface area contributed by atoms with Crippen LogP contribution >= 0.6 is 0 Å². The molecule has 2 heterocycles. The second-order valence-corrected chi connectivity index (χ2v) is 8.33. The van der Waals surface area contributed by atoms with Gasteiger partial charge >= 0.3 is 0 Å². The highest BCUT2D eigenvalue weighted by atomic mass is 15.1. The molecule has 150 valence electrons. The standard InChI is InChI=1S/C25H30N4/c1-18-4-8-22(9-5-18)24-16-25(27-20(3)26-24)28-23-10-6-21(7-11-23)17-29-14-12-19(2)13-15-29/h4-11,16,19H,12-15,17H2,1-3H3,(H,26,27,28). The van der Waals surface area contributed by atoms with Gasteiger partial charge in [0.2, 0.25) is 0 Å². The Morgan fingerprint density at radius 2 is 1.62 bits per heavy atom. The maximum atomic E-state index is 4.60. The molecule has 0 spiro atoms. The molecule has 0 bridgehead atoms. The molecule has 1 fully saturated rings. The number of hydrogen-bond donors (Lipinski definition) is 1. The monoisotopic (exact) mass is 386 g/mol. The van der Waals surface area contributed by atoms with Gasteiger partial charge in [-0.2, -0.15) is 0 Å². The zero-order valence-corrected chi connectivity index (χ0v) is 17.7. The molecule has 4 heteroatoms. The smallest absolute Gasteiger partial charge is 0.134 e. The average molecular weight is 387 g/mol. The Morgan fingerprint density at radius 3 is 2.31 bits per heavy atom. The molecular weight excluding hydrogens is 356 g/mol. The SMILES string of the molecule is Cc1ccc(-c2cc(Nc3ccc(CN4CCC(C)CC4)cc3)nc(C)n2)cc1. The van der Waals surface area contributed by atoms with Gasteiger partial charge in [0.15, 0.2) is 0 Å². The van der Waals surface area contributed by atoms with Crippen LogP contribution in [0.2, 0.25) is 0 Å². The lowest BCUT2D eigenvalue weighted by molar-refractivity contribution is 0.185. The zero-order chi connectivity index (χ0) is 20.2. The van der Waals surface area contributed by atoms with Gasteiger partial charge in [-0.15, -0.1) is 0 Å². The van der Waals surface area contributed by atoms with Gasteiger partial charge in [0.1, 0.15) is 11.6 Å². The van der Waals surface area contributed by atoms with Gasteiger partial charge in [0.05, 0.1) is 5.69 Å². The minimum absolute atomic E-state index is 0.765. The van der Waals surface area contributed by atoms with E-state index in [-0.39, 0.29) is 0 Å². The van der Waals surface area contributed by atoms with Crippen molar-refractivity contribution < 1.29 is 0 Å². The van der Waals surface area contributed by atoms with Crippen molar-refractivity contribution in [2.45, 2.75) is 40.2 Å². The molecular formula is C25H30N4. The summed E-state index contributed by atoms with van der Waals surface area (Å²) in [7, 11) is 0. The zero-order valence-electron chi connectivity index (χ0n) is 17.7. The third-order valence-electron chi connectivity index (χ3n) is 5.69. The van der Waals surface area contributed by atoms with Crippen LogP contribution in [0.15, 0.2) is 54.6 Å². The number of aryl methyl sites for hydroxylation is 2. The number of piperidine rings is 1. The Labute approximate surface area is 174 Å². The summed E-state index contributed by atoms with van der Waals surface area (Å²) in [5.41, 5.74) is 5.71. The number of benzene rings is 2. The first-order valence-corrected chi connectivity index (χ1v) is 10.6. The van der Waals surface area contributed by atoms with E-state index in [1.807, 2.05) is 13.0 Å². The maximum absolute atomic E-state index is 4.60. The summed E-state index contributed by atoms with van der Waals surface area (Å²) < 4.78 is 0. The minimum atomic E-state index is 0.765. The van der Waals surface area contributed by atoms with E-state index in [4.69, 9.17) is 0 Å². The molecule has 1 saturated heterocycles. The van der Waals surface area contributed by atoms with Crippen molar-refractivity contribution in [3.05, 3.63) is 71.5 Å². The van der Waals surface area contributed by atoms with Gasteiger partial charge in [-0.25, -0.2) is 9.97 Å². The molecule has 0 amide bonds. The molecule has 0 aliphatic carbocycles. The molecule has 4 rings (SSSR count). The number of nitrogens with zero attached hydrogens (tertiary/aromatic N) is 3. The molecule has 4 nitrogen and oxygen atoms in total. The topological polar surface area (TPSA) is 41.0 Å². The van der Waals surface area contributed by atoms with Crippen molar-refractivity contribution in [3.63, 3.8) is 0 Å². The first kappa shape index (κ1) is 19.6. The molecule has 2 aromatic carbocycles. The average Bonchev–Trinajstić information content (AvgIpc) is 2.71. The fourth-order valence-electron chi connectivity index (χ4n) is 3.82. The van der Waals surface area contributed by atoms with Crippen LogP contribution in [0.3, 0.4) is 0 Å².